The van der Waals surface area contributed by atoms with Crippen LogP contribution in [0.1, 0.15) is 6.42 Å². The highest BCUT2D eigenvalue weighted by atomic mass is 79.9. The first-order valence-corrected chi connectivity index (χ1v) is 5.87. The van der Waals surface area contributed by atoms with Gasteiger partial charge in [-0.05, 0) is 6.42 Å². The summed E-state index contributed by atoms with van der Waals surface area (Å²) in [7, 11) is -0.276. The summed E-state index contributed by atoms with van der Waals surface area (Å²) in [5.74, 6) is 0. The minimum absolute atomic E-state index is 0.615. The van der Waals surface area contributed by atoms with Crippen molar-refractivity contribution in [2.75, 3.05) is 26.1 Å². The van der Waals surface area contributed by atoms with E-state index in [9.17, 15) is 4.57 Å². The molecule has 0 aromatic rings. The minimum atomic E-state index is -2.98. The van der Waals surface area contributed by atoms with Crippen molar-refractivity contribution in [1.29, 1.82) is 0 Å². The van der Waals surface area contributed by atoms with Gasteiger partial charge >= 0.3 is 7.75 Å². The van der Waals surface area contributed by atoms with Gasteiger partial charge in [0.25, 0.3) is 0 Å². The van der Waals surface area contributed by atoms with Crippen molar-refractivity contribution < 1.29 is 13.6 Å². The van der Waals surface area contributed by atoms with Crippen molar-refractivity contribution in [2.24, 2.45) is 0 Å². The predicted molar refractivity (Wildman–Crippen MR) is 48.0 cm³/mol. The van der Waals surface area contributed by atoms with Crippen molar-refractivity contribution in [2.45, 2.75) is 6.42 Å². The first-order valence-electron chi connectivity index (χ1n) is 3.21. The van der Waals surface area contributed by atoms with Gasteiger partial charge in [0, 0.05) is 26.1 Å². The van der Waals surface area contributed by atoms with Crippen LogP contribution in [0.25, 0.3) is 0 Å². The summed E-state index contributed by atoms with van der Waals surface area (Å²) in [6.45, 7) is 0.615. The largest absolute Gasteiger partial charge is 0.404 e. The second-order valence-corrected chi connectivity index (χ2v) is 4.65. The first-order chi connectivity index (χ1) is 5.18. The predicted octanol–water partition coefficient (Wildman–Crippen LogP) is 1.76. The summed E-state index contributed by atoms with van der Waals surface area (Å²) in [6.07, 6.45) is 0.886. The van der Waals surface area contributed by atoms with Crippen LogP contribution in [0.4, 0.5) is 0 Å². The second kappa shape index (κ2) is 6.14. The zero-order valence-electron chi connectivity index (χ0n) is 6.67. The van der Waals surface area contributed by atoms with Crippen molar-refractivity contribution in [1.82, 2.24) is 5.09 Å². The Labute approximate surface area is 75.4 Å². The molecule has 0 aromatic carbocycles. The standard InChI is InChI=1S/C5H13BrNO3P/c1-9-11(8,10-2)7-5-3-4-6/h3-5H2,1-2H3,(H,7,8). The van der Waals surface area contributed by atoms with E-state index in [0.717, 1.165) is 11.8 Å². The van der Waals surface area contributed by atoms with Crippen LogP contribution in [0.2, 0.25) is 0 Å². The molecule has 0 aliphatic heterocycles. The van der Waals surface area contributed by atoms with E-state index in [0.29, 0.717) is 6.54 Å². The fourth-order valence-corrected chi connectivity index (χ4v) is 1.61. The van der Waals surface area contributed by atoms with Crippen LogP contribution in [-0.2, 0) is 13.6 Å². The van der Waals surface area contributed by atoms with Crippen LogP contribution >= 0.6 is 23.7 Å². The Bertz CT molecular complexity index is 136. The van der Waals surface area contributed by atoms with Gasteiger partial charge in [-0.15, -0.1) is 0 Å². The zero-order chi connectivity index (χ0) is 8.74. The molecule has 0 aliphatic carbocycles. The summed E-state index contributed by atoms with van der Waals surface area (Å²) >= 11 is 3.25. The highest BCUT2D eigenvalue weighted by Gasteiger charge is 2.18. The van der Waals surface area contributed by atoms with Gasteiger partial charge < -0.3 is 9.05 Å². The third-order valence-electron chi connectivity index (χ3n) is 1.10. The molecule has 0 atom stereocenters. The average Bonchev–Trinajstić information content (AvgIpc) is 2.05. The maximum absolute atomic E-state index is 11.3. The smallest absolute Gasteiger partial charge is 0.300 e. The van der Waals surface area contributed by atoms with E-state index in [1.807, 2.05) is 0 Å². The van der Waals surface area contributed by atoms with Gasteiger partial charge in [0.15, 0.2) is 0 Å². The number of nitrogens with one attached hydrogen (secondary N) is 1. The minimum Gasteiger partial charge on any atom is -0.300 e. The third-order valence-corrected chi connectivity index (χ3v) is 3.23. The van der Waals surface area contributed by atoms with Crippen LogP contribution in [0.3, 0.4) is 0 Å². The third kappa shape index (κ3) is 4.93. The summed E-state index contributed by atoms with van der Waals surface area (Å²) in [5, 5.41) is 3.55. The molecule has 0 unspecified atom stereocenters. The van der Waals surface area contributed by atoms with Gasteiger partial charge in [0.05, 0.1) is 0 Å². The second-order valence-electron chi connectivity index (χ2n) is 1.81. The molecule has 0 saturated heterocycles. The molecule has 11 heavy (non-hydrogen) atoms. The summed E-state index contributed by atoms with van der Waals surface area (Å²) in [4.78, 5) is 0. The topological polar surface area (TPSA) is 47.6 Å². The maximum atomic E-state index is 11.3. The van der Waals surface area contributed by atoms with E-state index < -0.39 is 7.75 Å². The quantitative estimate of drug-likeness (QED) is 0.440. The molecule has 1 N–H and O–H groups in total. The Hall–Kier alpha value is 0.590. The van der Waals surface area contributed by atoms with E-state index in [4.69, 9.17) is 0 Å². The van der Waals surface area contributed by atoms with Gasteiger partial charge in [0.1, 0.15) is 0 Å². The molecular weight excluding hydrogens is 233 g/mol. The monoisotopic (exact) mass is 245 g/mol. The van der Waals surface area contributed by atoms with Crippen LogP contribution in [0.5, 0.6) is 0 Å². The molecule has 0 amide bonds. The Morgan fingerprint density at radius 2 is 2.00 bits per heavy atom. The zero-order valence-corrected chi connectivity index (χ0v) is 9.15. The molecule has 0 heterocycles. The Kier molecular flexibility index (Phi) is 6.47. The molecule has 0 aliphatic rings. The highest BCUT2D eigenvalue weighted by Crippen LogP contribution is 2.40. The first kappa shape index (κ1) is 11.6. The highest BCUT2D eigenvalue weighted by molar-refractivity contribution is 9.09. The summed E-state index contributed by atoms with van der Waals surface area (Å²) in [6, 6.07) is 0. The van der Waals surface area contributed by atoms with Crippen molar-refractivity contribution in [3.05, 3.63) is 0 Å². The van der Waals surface area contributed by atoms with Gasteiger partial charge in [0.2, 0.25) is 0 Å². The molecule has 0 fully saturated rings. The molecule has 0 radical (unpaired) electrons. The Morgan fingerprint density at radius 3 is 2.36 bits per heavy atom. The molecule has 68 valence electrons. The van der Waals surface area contributed by atoms with E-state index in [1.54, 1.807) is 0 Å². The SMILES string of the molecule is COP(=O)(NCCCBr)OC. The normalized spacial score (nSPS) is 11.9. The van der Waals surface area contributed by atoms with Gasteiger partial charge in [-0.1, -0.05) is 15.9 Å². The Balaban J connectivity index is 3.61. The fraction of sp³-hybridized carbons (Fsp3) is 1.00. The molecule has 4 nitrogen and oxygen atoms in total. The lowest BCUT2D eigenvalue weighted by molar-refractivity contribution is 0.264. The van der Waals surface area contributed by atoms with Crippen LogP contribution < -0.4 is 5.09 Å². The van der Waals surface area contributed by atoms with Crippen molar-refractivity contribution in [3.63, 3.8) is 0 Å². The van der Waals surface area contributed by atoms with Gasteiger partial charge in [-0.2, -0.15) is 0 Å². The van der Waals surface area contributed by atoms with Crippen LogP contribution in [0, 0.1) is 0 Å². The summed E-state index contributed by atoms with van der Waals surface area (Å²) in [5.41, 5.74) is 0. The van der Waals surface area contributed by atoms with Crippen LogP contribution in [-0.4, -0.2) is 26.1 Å². The lowest BCUT2D eigenvalue weighted by Gasteiger charge is -2.13. The van der Waals surface area contributed by atoms with E-state index in [2.05, 4.69) is 30.1 Å². The number of rotatable bonds is 6. The fourth-order valence-electron chi connectivity index (χ4n) is 0.486. The number of hydrogen-bond acceptors (Lipinski definition) is 3. The van der Waals surface area contributed by atoms with Crippen molar-refractivity contribution >= 4 is 23.7 Å². The molecule has 0 bridgehead atoms. The molecule has 0 aromatic heterocycles. The molecular formula is C5H13BrNO3P. The molecule has 0 rings (SSSR count). The Morgan fingerprint density at radius 1 is 1.45 bits per heavy atom. The van der Waals surface area contributed by atoms with Crippen molar-refractivity contribution in [3.8, 4) is 0 Å². The van der Waals surface area contributed by atoms with Gasteiger partial charge in [-0.25, -0.2) is 9.65 Å². The molecule has 0 saturated carbocycles. The number of alkyl halides is 1. The van der Waals surface area contributed by atoms with Crippen LogP contribution in [0.15, 0.2) is 0 Å². The van der Waals surface area contributed by atoms with E-state index in [-0.39, 0.29) is 0 Å². The number of hydrogen-bond donors (Lipinski definition) is 1. The average molecular weight is 246 g/mol. The lowest BCUT2D eigenvalue weighted by Crippen LogP contribution is -2.14. The van der Waals surface area contributed by atoms with E-state index in [1.165, 1.54) is 14.2 Å². The molecule has 0 spiro atoms. The van der Waals surface area contributed by atoms with E-state index >= 15 is 0 Å². The summed E-state index contributed by atoms with van der Waals surface area (Å²) < 4.78 is 20.5. The lowest BCUT2D eigenvalue weighted by atomic mass is 10.5. The van der Waals surface area contributed by atoms with Gasteiger partial charge in [-0.3, -0.25) is 0 Å². The molecule has 6 heteroatoms. The maximum Gasteiger partial charge on any atom is 0.404 e. The number of halogens is 1.